The lowest BCUT2D eigenvalue weighted by molar-refractivity contribution is 0.414. The number of nitrogens with one attached hydrogen (secondary N) is 1. The summed E-state index contributed by atoms with van der Waals surface area (Å²) in [4.78, 5) is 0. The maximum absolute atomic E-state index is 5.36. The summed E-state index contributed by atoms with van der Waals surface area (Å²) in [6.07, 6.45) is 2.62. The SMILES string of the molecule is COc1ccc(-c2cccc(C)c2)c(CNC2CC2)c1. The van der Waals surface area contributed by atoms with Crippen molar-refractivity contribution in [2.24, 2.45) is 0 Å². The summed E-state index contributed by atoms with van der Waals surface area (Å²) in [6.45, 7) is 3.04. The summed E-state index contributed by atoms with van der Waals surface area (Å²) in [5.74, 6) is 0.925. The van der Waals surface area contributed by atoms with Gasteiger partial charge in [-0.2, -0.15) is 0 Å². The Kier molecular flexibility index (Phi) is 3.75. The third kappa shape index (κ3) is 3.02. The second kappa shape index (κ2) is 5.68. The van der Waals surface area contributed by atoms with Crippen LogP contribution >= 0.6 is 0 Å². The molecule has 104 valence electrons. The zero-order chi connectivity index (χ0) is 13.9. The third-order valence-corrected chi connectivity index (χ3v) is 3.80. The molecular weight excluding hydrogens is 246 g/mol. The topological polar surface area (TPSA) is 21.3 Å². The van der Waals surface area contributed by atoms with Crippen LogP contribution in [0.15, 0.2) is 42.5 Å². The lowest BCUT2D eigenvalue weighted by atomic mass is 9.98. The van der Waals surface area contributed by atoms with E-state index < -0.39 is 0 Å². The van der Waals surface area contributed by atoms with Crippen molar-refractivity contribution >= 4 is 0 Å². The van der Waals surface area contributed by atoms with Gasteiger partial charge in [-0.1, -0.05) is 35.9 Å². The molecule has 1 saturated carbocycles. The van der Waals surface area contributed by atoms with Crippen LogP contribution in [-0.4, -0.2) is 13.2 Å². The highest BCUT2D eigenvalue weighted by atomic mass is 16.5. The Hall–Kier alpha value is -1.80. The number of hydrogen-bond acceptors (Lipinski definition) is 2. The molecule has 2 nitrogen and oxygen atoms in total. The van der Waals surface area contributed by atoms with Gasteiger partial charge in [0.15, 0.2) is 0 Å². The first-order valence-electron chi connectivity index (χ1n) is 7.23. The Morgan fingerprint density at radius 1 is 1.15 bits per heavy atom. The molecule has 2 aromatic rings. The Balaban J connectivity index is 1.94. The smallest absolute Gasteiger partial charge is 0.119 e. The van der Waals surface area contributed by atoms with Gasteiger partial charge in [0.2, 0.25) is 0 Å². The van der Waals surface area contributed by atoms with Crippen LogP contribution < -0.4 is 10.1 Å². The second-order valence-corrected chi connectivity index (χ2v) is 5.55. The van der Waals surface area contributed by atoms with Gasteiger partial charge in [0, 0.05) is 12.6 Å². The fourth-order valence-electron chi connectivity index (χ4n) is 2.48. The lowest BCUT2D eigenvalue weighted by Gasteiger charge is -2.13. The minimum absolute atomic E-state index is 0.714. The van der Waals surface area contributed by atoms with Gasteiger partial charge in [0.05, 0.1) is 7.11 Å². The molecule has 0 aromatic heterocycles. The Morgan fingerprint density at radius 2 is 2.00 bits per heavy atom. The van der Waals surface area contributed by atoms with Crippen LogP contribution in [-0.2, 0) is 6.54 Å². The molecule has 1 N–H and O–H groups in total. The highest BCUT2D eigenvalue weighted by Crippen LogP contribution is 2.29. The minimum atomic E-state index is 0.714. The predicted octanol–water partition coefficient (Wildman–Crippen LogP) is 3.92. The molecule has 0 heterocycles. The Labute approximate surface area is 120 Å². The highest BCUT2D eigenvalue weighted by molar-refractivity contribution is 5.69. The monoisotopic (exact) mass is 267 g/mol. The van der Waals surface area contributed by atoms with Crippen LogP contribution in [0.5, 0.6) is 5.75 Å². The lowest BCUT2D eigenvalue weighted by Crippen LogP contribution is -2.16. The van der Waals surface area contributed by atoms with E-state index in [2.05, 4.69) is 48.6 Å². The van der Waals surface area contributed by atoms with Gasteiger partial charge in [-0.05, 0) is 48.6 Å². The Morgan fingerprint density at radius 3 is 2.70 bits per heavy atom. The predicted molar refractivity (Wildman–Crippen MR) is 83.0 cm³/mol. The van der Waals surface area contributed by atoms with Crippen molar-refractivity contribution in [3.8, 4) is 16.9 Å². The van der Waals surface area contributed by atoms with Crippen molar-refractivity contribution in [3.63, 3.8) is 0 Å². The van der Waals surface area contributed by atoms with Crippen LogP contribution in [0, 0.1) is 6.92 Å². The van der Waals surface area contributed by atoms with Crippen LogP contribution in [0.25, 0.3) is 11.1 Å². The number of rotatable bonds is 5. The number of ether oxygens (including phenoxy) is 1. The summed E-state index contributed by atoms with van der Waals surface area (Å²) < 4.78 is 5.36. The molecule has 0 aliphatic heterocycles. The summed E-state index contributed by atoms with van der Waals surface area (Å²) in [5, 5.41) is 3.59. The van der Waals surface area contributed by atoms with E-state index in [1.807, 2.05) is 6.07 Å². The van der Waals surface area contributed by atoms with Crippen molar-refractivity contribution in [3.05, 3.63) is 53.6 Å². The van der Waals surface area contributed by atoms with Gasteiger partial charge in [0.25, 0.3) is 0 Å². The van der Waals surface area contributed by atoms with E-state index in [9.17, 15) is 0 Å². The van der Waals surface area contributed by atoms with Crippen molar-refractivity contribution in [1.29, 1.82) is 0 Å². The maximum Gasteiger partial charge on any atom is 0.119 e. The van der Waals surface area contributed by atoms with Gasteiger partial charge in [-0.3, -0.25) is 0 Å². The van der Waals surface area contributed by atoms with Crippen LogP contribution in [0.4, 0.5) is 0 Å². The summed E-state index contributed by atoms with van der Waals surface area (Å²) in [5.41, 5.74) is 5.17. The van der Waals surface area contributed by atoms with Crippen LogP contribution in [0.3, 0.4) is 0 Å². The van der Waals surface area contributed by atoms with E-state index in [0.717, 1.165) is 12.3 Å². The first kappa shape index (κ1) is 13.2. The van der Waals surface area contributed by atoms with Crippen molar-refractivity contribution in [1.82, 2.24) is 5.32 Å². The Bertz CT molecular complexity index is 602. The number of methoxy groups -OCH3 is 1. The molecule has 0 bridgehead atoms. The first-order valence-corrected chi connectivity index (χ1v) is 7.23. The van der Waals surface area contributed by atoms with Crippen molar-refractivity contribution < 1.29 is 4.74 Å². The average molecular weight is 267 g/mol. The van der Waals surface area contributed by atoms with E-state index >= 15 is 0 Å². The molecule has 0 saturated heterocycles. The molecule has 0 radical (unpaired) electrons. The zero-order valence-electron chi connectivity index (χ0n) is 12.1. The molecule has 2 heteroatoms. The number of benzene rings is 2. The van der Waals surface area contributed by atoms with E-state index in [4.69, 9.17) is 4.74 Å². The molecule has 0 amide bonds. The standard InChI is InChI=1S/C18H21NO/c1-13-4-3-5-14(10-13)18-9-8-17(20-2)11-15(18)12-19-16-6-7-16/h3-5,8-11,16,19H,6-7,12H2,1-2H3. The number of aryl methyl sites for hydroxylation is 1. The molecule has 0 unspecified atom stereocenters. The average Bonchev–Trinajstić information content (AvgIpc) is 3.29. The van der Waals surface area contributed by atoms with Crippen LogP contribution in [0.2, 0.25) is 0 Å². The van der Waals surface area contributed by atoms with Gasteiger partial charge < -0.3 is 10.1 Å². The van der Waals surface area contributed by atoms with E-state index in [1.54, 1.807) is 7.11 Å². The first-order chi connectivity index (χ1) is 9.76. The van der Waals surface area contributed by atoms with Gasteiger partial charge in [-0.15, -0.1) is 0 Å². The van der Waals surface area contributed by atoms with Gasteiger partial charge in [-0.25, -0.2) is 0 Å². The molecule has 3 rings (SSSR count). The highest BCUT2D eigenvalue weighted by Gasteiger charge is 2.20. The summed E-state index contributed by atoms with van der Waals surface area (Å²) in [6, 6.07) is 15.7. The van der Waals surface area contributed by atoms with Gasteiger partial charge in [0.1, 0.15) is 5.75 Å². The fraction of sp³-hybridized carbons (Fsp3) is 0.333. The second-order valence-electron chi connectivity index (χ2n) is 5.55. The largest absolute Gasteiger partial charge is 0.497 e. The van der Waals surface area contributed by atoms with Crippen LogP contribution in [0.1, 0.15) is 24.0 Å². The maximum atomic E-state index is 5.36. The normalized spacial score (nSPS) is 14.3. The third-order valence-electron chi connectivity index (χ3n) is 3.80. The molecule has 1 fully saturated rings. The number of hydrogen-bond donors (Lipinski definition) is 1. The zero-order valence-corrected chi connectivity index (χ0v) is 12.1. The minimum Gasteiger partial charge on any atom is -0.497 e. The summed E-state index contributed by atoms with van der Waals surface area (Å²) in [7, 11) is 1.72. The quantitative estimate of drug-likeness (QED) is 0.886. The van der Waals surface area contributed by atoms with Crippen molar-refractivity contribution in [2.45, 2.75) is 32.4 Å². The van der Waals surface area contributed by atoms with E-state index in [0.29, 0.717) is 6.04 Å². The molecule has 0 spiro atoms. The van der Waals surface area contributed by atoms with E-state index in [1.165, 1.54) is 35.1 Å². The van der Waals surface area contributed by atoms with Gasteiger partial charge >= 0.3 is 0 Å². The molecule has 0 atom stereocenters. The summed E-state index contributed by atoms with van der Waals surface area (Å²) >= 11 is 0. The van der Waals surface area contributed by atoms with E-state index in [-0.39, 0.29) is 0 Å². The molecule has 2 aromatic carbocycles. The van der Waals surface area contributed by atoms with Crippen molar-refractivity contribution in [2.75, 3.05) is 7.11 Å². The molecular formula is C18H21NO. The molecule has 20 heavy (non-hydrogen) atoms. The fourth-order valence-corrected chi connectivity index (χ4v) is 2.48. The molecule has 1 aliphatic carbocycles. The molecule has 1 aliphatic rings.